The topological polar surface area (TPSA) is 119 Å². The first-order valence-electron chi connectivity index (χ1n) is 12.4. The van der Waals surface area contributed by atoms with Crippen molar-refractivity contribution in [3.8, 4) is 11.3 Å². The van der Waals surface area contributed by atoms with Gasteiger partial charge in [0, 0.05) is 43.1 Å². The number of fused-ring (bicyclic) bond motifs is 2. The maximum absolute atomic E-state index is 13.3. The second-order valence-electron chi connectivity index (χ2n) is 9.61. The van der Waals surface area contributed by atoms with Gasteiger partial charge in [-0.05, 0) is 30.3 Å². The summed E-state index contributed by atoms with van der Waals surface area (Å²) in [7, 11) is 0.149. The lowest BCUT2D eigenvalue weighted by molar-refractivity contribution is 0.0690. The van der Waals surface area contributed by atoms with Crippen LogP contribution in [0.4, 0.5) is 11.6 Å². The Labute approximate surface area is 221 Å². The van der Waals surface area contributed by atoms with Crippen LogP contribution in [0.1, 0.15) is 0 Å². The smallest absolute Gasteiger partial charge is 0.243 e. The fourth-order valence-electron chi connectivity index (χ4n) is 4.97. The zero-order valence-corrected chi connectivity index (χ0v) is 21.8. The molecule has 6 rings (SSSR count). The highest BCUT2D eigenvalue weighted by Crippen LogP contribution is 2.31. The van der Waals surface area contributed by atoms with Crippen LogP contribution in [0, 0.1) is 0 Å². The SMILES string of the molecule is CN(C)c1ccc(-c2ccnc(N[C@H]3CO[C@H]4[C@@H]3OC[C@@H]4NS(=O)(=O)c3cccc4cccnc34)n2)cc1. The second-order valence-corrected chi connectivity index (χ2v) is 11.3. The number of sulfonamides is 1. The van der Waals surface area contributed by atoms with Gasteiger partial charge in [0.2, 0.25) is 16.0 Å². The first-order chi connectivity index (χ1) is 18.4. The summed E-state index contributed by atoms with van der Waals surface area (Å²) < 4.78 is 41.4. The molecule has 10 nitrogen and oxygen atoms in total. The second kappa shape index (κ2) is 9.91. The Hall–Kier alpha value is -3.64. The summed E-state index contributed by atoms with van der Waals surface area (Å²) in [6.45, 7) is 0.540. The zero-order valence-electron chi connectivity index (χ0n) is 21.0. The molecule has 2 fully saturated rings. The van der Waals surface area contributed by atoms with Crippen molar-refractivity contribution in [1.29, 1.82) is 0 Å². The van der Waals surface area contributed by atoms with Crippen LogP contribution in [0.5, 0.6) is 0 Å². The fraction of sp³-hybridized carbons (Fsp3) is 0.296. The molecule has 0 amide bonds. The number of anilines is 2. The minimum atomic E-state index is -3.85. The maximum atomic E-state index is 13.3. The van der Waals surface area contributed by atoms with Gasteiger partial charge in [0.05, 0.1) is 36.5 Å². The highest BCUT2D eigenvalue weighted by molar-refractivity contribution is 7.89. The lowest BCUT2D eigenvalue weighted by Gasteiger charge is -2.19. The molecule has 11 heteroatoms. The number of pyridine rings is 1. The van der Waals surface area contributed by atoms with Gasteiger partial charge in [0.25, 0.3) is 0 Å². The van der Waals surface area contributed by atoms with E-state index in [0.717, 1.165) is 22.3 Å². The summed E-state index contributed by atoms with van der Waals surface area (Å²) in [6, 6.07) is 18.0. The zero-order chi connectivity index (χ0) is 26.3. The van der Waals surface area contributed by atoms with E-state index >= 15 is 0 Å². The molecular weight excluding hydrogens is 504 g/mol. The predicted octanol–water partition coefficient (Wildman–Crippen LogP) is 2.68. The van der Waals surface area contributed by atoms with E-state index in [4.69, 9.17) is 9.47 Å². The Balaban J connectivity index is 1.15. The number of ether oxygens (including phenoxy) is 2. The van der Waals surface area contributed by atoms with Crippen molar-refractivity contribution in [2.24, 2.45) is 0 Å². The molecule has 0 radical (unpaired) electrons. The van der Waals surface area contributed by atoms with Crippen molar-refractivity contribution in [2.45, 2.75) is 29.2 Å². The molecule has 2 aliphatic rings. The van der Waals surface area contributed by atoms with Gasteiger partial charge in [-0.3, -0.25) is 4.98 Å². The van der Waals surface area contributed by atoms with E-state index in [0.29, 0.717) is 18.1 Å². The van der Waals surface area contributed by atoms with E-state index in [-0.39, 0.29) is 23.6 Å². The number of aromatic nitrogens is 3. The van der Waals surface area contributed by atoms with Crippen LogP contribution in [0.15, 0.2) is 78.0 Å². The van der Waals surface area contributed by atoms with E-state index in [1.165, 1.54) is 0 Å². The fourth-order valence-corrected chi connectivity index (χ4v) is 6.38. The average Bonchev–Trinajstić information content (AvgIpc) is 3.51. The number of nitrogens with one attached hydrogen (secondary N) is 2. The largest absolute Gasteiger partial charge is 0.378 e. The van der Waals surface area contributed by atoms with Crippen molar-refractivity contribution >= 4 is 32.6 Å². The van der Waals surface area contributed by atoms with Crippen LogP contribution in [-0.4, -0.2) is 75.0 Å². The van der Waals surface area contributed by atoms with Crippen molar-refractivity contribution < 1.29 is 17.9 Å². The molecule has 4 heterocycles. The molecule has 2 saturated heterocycles. The van der Waals surface area contributed by atoms with Gasteiger partial charge in [-0.15, -0.1) is 0 Å². The van der Waals surface area contributed by atoms with Gasteiger partial charge >= 0.3 is 0 Å². The number of hydrogen-bond donors (Lipinski definition) is 2. The Morgan fingerprint density at radius 2 is 1.61 bits per heavy atom. The Morgan fingerprint density at radius 1 is 0.868 bits per heavy atom. The molecule has 2 aromatic carbocycles. The van der Waals surface area contributed by atoms with Crippen molar-refractivity contribution in [1.82, 2.24) is 19.7 Å². The molecule has 0 spiro atoms. The molecule has 4 aromatic rings. The van der Waals surface area contributed by atoms with Gasteiger partial charge in [0.15, 0.2) is 0 Å². The van der Waals surface area contributed by atoms with E-state index in [9.17, 15) is 8.42 Å². The van der Waals surface area contributed by atoms with Crippen LogP contribution < -0.4 is 14.9 Å². The van der Waals surface area contributed by atoms with Crippen molar-refractivity contribution in [3.63, 3.8) is 0 Å². The molecule has 2 aromatic heterocycles. The van der Waals surface area contributed by atoms with Gasteiger partial charge in [0.1, 0.15) is 17.1 Å². The molecule has 4 atom stereocenters. The van der Waals surface area contributed by atoms with Crippen LogP contribution in [-0.2, 0) is 19.5 Å². The molecule has 2 N–H and O–H groups in total. The first-order valence-corrected chi connectivity index (χ1v) is 13.8. The molecule has 2 aliphatic heterocycles. The van der Waals surface area contributed by atoms with Gasteiger partial charge in [-0.2, -0.15) is 0 Å². The third kappa shape index (κ3) is 4.69. The van der Waals surface area contributed by atoms with E-state index in [1.807, 2.05) is 61.5 Å². The summed E-state index contributed by atoms with van der Waals surface area (Å²) in [5.41, 5.74) is 3.31. The minimum absolute atomic E-state index is 0.135. The summed E-state index contributed by atoms with van der Waals surface area (Å²) in [6.07, 6.45) is 2.51. The number of nitrogens with zero attached hydrogens (tertiary/aromatic N) is 4. The van der Waals surface area contributed by atoms with E-state index in [1.54, 1.807) is 30.6 Å². The minimum Gasteiger partial charge on any atom is -0.378 e. The molecule has 0 unspecified atom stereocenters. The third-order valence-electron chi connectivity index (χ3n) is 6.89. The Morgan fingerprint density at radius 3 is 2.39 bits per heavy atom. The number of benzene rings is 2. The molecule has 0 aliphatic carbocycles. The van der Waals surface area contributed by atoms with Crippen LogP contribution in [0.2, 0.25) is 0 Å². The summed E-state index contributed by atoms with van der Waals surface area (Å²) >= 11 is 0. The van der Waals surface area contributed by atoms with Crippen LogP contribution in [0.25, 0.3) is 22.2 Å². The van der Waals surface area contributed by atoms with E-state index in [2.05, 4.69) is 25.0 Å². The standard InChI is InChI=1S/C27H28N6O4S/c1-33(2)19-10-8-17(9-11-19)20-12-14-29-27(30-20)31-21-15-36-26-22(16-37-25(21)26)32-38(34,35)23-7-3-5-18-6-4-13-28-24(18)23/h3-14,21-22,25-26,32H,15-16H2,1-2H3,(H,29,30,31)/t21-,22-,25+,26+/m0/s1. The highest BCUT2D eigenvalue weighted by atomic mass is 32.2. The lowest BCUT2D eigenvalue weighted by Crippen LogP contribution is -2.44. The van der Waals surface area contributed by atoms with Gasteiger partial charge < -0.3 is 19.7 Å². The molecular formula is C27H28N6O4S. The Bertz CT molecular complexity index is 1560. The summed E-state index contributed by atoms with van der Waals surface area (Å²) in [5, 5.41) is 4.08. The highest BCUT2D eigenvalue weighted by Gasteiger charge is 2.49. The molecule has 196 valence electrons. The Kier molecular flexibility index (Phi) is 6.44. The number of rotatable bonds is 7. The van der Waals surface area contributed by atoms with E-state index < -0.39 is 22.2 Å². The van der Waals surface area contributed by atoms with Crippen LogP contribution >= 0.6 is 0 Å². The van der Waals surface area contributed by atoms with Crippen molar-refractivity contribution in [2.75, 3.05) is 37.5 Å². The molecule has 38 heavy (non-hydrogen) atoms. The van der Waals surface area contributed by atoms with Crippen LogP contribution in [0.3, 0.4) is 0 Å². The maximum Gasteiger partial charge on any atom is 0.243 e. The van der Waals surface area contributed by atoms with Gasteiger partial charge in [-0.25, -0.2) is 23.1 Å². The monoisotopic (exact) mass is 532 g/mol. The van der Waals surface area contributed by atoms with Gasteiger partial charge in [-0.1, -0.05) is 30.3 Å². The number of hydrogen-bond acceptors (Lipinski definition) is 9. The average molecular weight is 533 g/mol. The summed E-state index contributed by atoms with van der Waals surface area (Å²) in [5.74, 6) is 0.461. The van der Waals surface area contributed by atoms with Crippen molar-refractivity contribution in [3.05, 3.63) is 73.1 Å². The molecule has 0 saturated carbocycles. The quantitative estimate of drug-likeness (QED) is 0.370. The lowest BCUT2D eigenvalue weighted by atomic mass is 10.1. The normalized spacial score (nSPS) is 22.9. The first kappa shape index (κ1) is 24.7. The third-order valence-corrected chi connectivity index (χ3v) is 8.42. The number of para-hydroxylation sites is 1. The predicted molar refractivity (Wildman–Crippen MR) is 145 cm³/mol. The summed E-state index contributed by atoms with van der Waals surface area (Å²) in [4.78, 5) is 15.5. The molecule has 0 bridgehead atoms.